The van der Waals surface area contributed by atoms with Crippen molar-refractivity contribution in [3.05, 3.63) is 34.9 Å². The molecule has 0 saturated heterocycles. The largest absolute Gasteiger partial charge is 0.251 e. The van der Waals surface area contributed by atoms with Crippen molar-refractivity contribution in [2.45, 2.75) is 51.9 Å². The minimum atomic E-state index is -0.725. The van der Waals surface area contributed by atoms with Gasteiger partial charge in [0.05, 0.1) is 11.7 Å². The maximum absolute atomic E-state index is 12.2. The summed E-state index contributed by atoms with van der Waals surface area (Å²) in [6.07, 6.45) is 8.82. The summed E-state index contributed by atoms with van der Waals surface area (Å²) in [6.45, 7) is 2.15. The molecule has 0 spiro atoms. The zero-order chi connectivity index (χ0) is 15.7. The molecule has 0 aliphatic heterocycles. The molecule has 0 N–H and O–H groups in total. The van der Waals surface area contributed by atoms with Crippen LogP contribution in [-0.2, 0) is 0 Å². The average molecular weight is 321 g/mol. The van der Waals surface area contributed by atoms with E-state index in [2.05, 4.69) is 6.92 Å². The van der Waals surface area contributed by atoms with Gasteiger partial charge < -0.3 is 0 Å². The Balaban J connectivity index is 0.000000219. The van der Waals surface area contributed by atoms with Crippen LogP contribution in [0, 0.1) is 23.5 Å². The molecule has 1 saturated carbocycles. The number of rotatable bonds is 4. The van der Waals surface area contributed by atoms with E-state index < -0.39 is 11.6 Å². The fraction of sp³-hybridized carbons (Fsp3) is 0.647. The number of hydrogen-bond donors (Lipinski definition) is 0. The smallest absolute Gasteiger partial charge is 0.144 e. The minimum Gasteiger partial charge on any atom is -0.251 e. The van der Waals surface area contributed by atoms with Gasteiger partial charge in [-0.25, -0.2) is 8.78 Å². The lowest BCUT2D eigenvalue weighted by Crippen LogP contribution is -2.14. The lowest BCUT2D eigenvalue weighted by Gasteiger charge is -2.27. The van der Waals surface area contributed by atoms with E-state index in [1.807, 2.05) is 0 Å². The number of hydrogen-bond acceptors (Lipinski definition) is 0. The van der Waals surface area contributed by atoms with Gasteiger partial charge in [0.2, 0.25) is 0 Å². The quantitative estimate of drug-likeness (QED) is 0.550. The molecule has 1 aromatic carbocycles. The predicted molar refractivity (Wildman–Crippen MR) is 82.3 cm³/mol. The van der Waals surface area contributed by atoms with Crippen molar-refractivity contribution in [1.29, 1.82) is 0 Å². The molecule has 0 radical (unpaired) electrons. The number of halogens is 4. The molecule has 0 nitrogen and oxygen atoms in total. The van der Waals surface area contributed by atoms with Gasteiger partial charge in [-0.3, -0.25) is 4.39 Å². The van der Waals surface area contributed by atoms with E-state index in [1.54, 1.807) is 0 Å². The van der Waals surface area contributed by atoms with E-state index in [-0.39, 0.29) is 11.7 Å². The van der Waals surface area contributed by atoms with Crippen molar-refractivity contribution in [2.75, 3.05) is 6.67 Å². The number of benzene rings is 1. The maximum Gasteiger partial charge on any atom is 0.144 e. The van der Waals surface area contributed by atoms with Gasteiger partial charge in [-0.05, 0) is 30.4 Å². The zero-order valence-electron chi connectivity index (χ0n) is 12.6. The topological polar surface area (TPSA) is 0 Å². The third-order valence-corrected chi connectivity index (χ3v) is 4.37. The first-order valence-electron chi connectivity index (χ1n) is 7.73. The second-order valence-corrected chi connectivity index (χ2v) is 6.12. The van der Waals surface area contributed by atoms with Crippen LogP contribution in [0.1, 0.15) is 51.9 Å². The third-order valence-electron chi connectivity index (χ3n) is 4.06. The second-order valence-electron chi connectivity index (χ2n) is 5.71. The molecule has 0 bridgehead atoms. The van der Waals surface area contributed by atoms with Crippen molar-refractivity contribution >= 4 is 11.6 Å². The molecular weight excluding hydrogens is 297 g/mol. The molecular formula is C17H24ClF3. The van der Waals surface area contributed by atoms with Gasteiger partial charge in [0.15, 0.2) is 0 Å². The Bertz CT molecular complexity index is 387. The highest BCUT2D eigenvalue weighted by atomic mass is 35.5. The number of alkyl halides is 1. The lowest BCUT2D eigenvalue weighted by atomic mass is 9.79. The van der Waals surface area contributed by atoms with Crippen LogP contribution in [0.3, 0.4) is 0 Å². The summed E-state index contributed by atoms with van der Waals surface area (Å²) in [4.78, 5) is 0. The Labute approximate surface area is 130 Å². The molecule has 1 fully saturated rings. The maximum atomic E-state index is 12.2. The molecule has 0 heterocycles. The van der Waals surface area contributed by atoms with E-state index in [9.17, 15) is 13.2 Å². The molecule has 21 heavy (non-hydrogen) atoms. The van der Waals surface area contributed by atoms with Crippen LogP contribution < -0.4 is 0 Å². The average Bonchev–Trinajstić information content (AvgIpc) is 2.47. The van der Waals surface area contributed by atoms with Crippen LogP contribution in [0.2, 0.25) is 5.02 Å². The van der Waals surface area contributed by atoms with Gasteiger partial charge >= 0.3 is 0 Å². The van der Waals surface area contributed by atoms with E-state index in [0.29, 0.717) is 5.92 Å². The van der Waals surface area contributed by atoms with Crippen LogP contribution in [0.15, 0.2) is 18.2 Å². The van der Waals surface area contributed by atoms with Crippen LogP contribution >= 0.6 is 11.6 Å². The van der Waals surface area contributed by atoms with E-state index in [0.717, 1.165) is 24.5 Å². The van der Waals surface area contributed by atoms with Crippen LogP contribution in [0.5, 0.6) is 0 Å². The second kappa shape index (κ2) is 10.1. The fourth-order valence-corrected chi connectivity index (χ4v) is 2.96. The summed E-state index contributed by atoms with van der Waals surface area (Å²) in [5, 5.41) is -0.0589. The molecule has 4 heteroatoms. The van der Waals surface area contributed by atoms with Crippen molar-refractivity contribution in [1.82, 2.24) is 0 Å². The van der Waals surface area contributed by atoms with Gasteiger partial charge in [0.1, 0.15) is 11.6 Å². The Kier molecular flexibility index (Phi) is 8.82. The van der Waals surface area contributed by atoms with Gasteiger partial charge in [0, 0.05) is 6.07 Å². The highest BCUT2D eigenvalue weighted by molar-refractivity contribution is 6.30. The first kappa shape index (κ1) is 18.3. The lowest BCUT2D eigenvalue weighted by molar-refractivity contribution is 0.238. The Hall–Kier alpha value is -0.700. The summed E-state index contributed by atoms with van der Waals surface area (Å²) < 4.78 is 36.3. The van der Waals surface area contributed by atoms with Crippen molar-refractivity contribution in [3.8, 4) is 0 Å². The zero-order valence-corrected chi connectivity index (χ0v) is 13.3. The SMILES string of the molecule is CCCC1CCC(CCF)CC1.Fc1ccc(Cl)c(F)c1. The summed E-state index contributed by atoms with van der Waals surface area (Å²) in [5.41, 5.74) is 0. The van der Waals surface area contributed by atoms with Crippen LogP contribution in [-0.4, -0.2) is 6.67 Å². The van der Waals surface area contributed by atoms with Crippen molar-refractivity contribution in [3.63, 3.8) is 0 Å². The van der Waals surface area contributed by atoms with Crippen LogP contribution in [0.4, 0.5) is 13.2 Å². The van der Waals surface area contributed by atoms with E-state index in [1.165, 1.54) is 44.6 Å². The van der Waals surface area contributed by atoms with Gasteiger partial charge in [-0.2, -0.15) is 0 Å². The molecule has 2 rings (SSSR count). The molecule has 0 amide bonds. The molecule has 1 aliphatic rings. The van der Waals surface area contributed by atoms with E-state index >= 15 is 0 Å². The van der Waals surface area contributed by atoms with Crippen molar-refractivity contribution in [2.24, 2.45) is 11.8 Å². The molecule has 1 aromatic rings. The summed E-state index contributed by atoms with van der Waals surface area (Å²) in [7, 11) is 0. The first-order valence-corrected chi connectivity index (χ1v) is 8.11. The third kappa shape index (κ3) is 7.21. The molecule has 1 aliphatic carbocycles. The Morgan fingerprint density at radius 1 is 1.05 bits per heavy atom. The molecule has 0 unspecified atom stereocenters. The predicted octanol–water partition coefficient (Wildman–Crippen LogP) is 6.57. The normalized spacial score (nSPS) is 21.6. The standard InChI is InChI=1S/C11H21F.C6H3ClF2/c1-2-3-10-4-6-11(7-5-10)8-9-12;7-5-2-1-4(8)3-6(5)9/h10-11H,2-9H2,1H3;1-3H. The molecule has 120 valence electrons. The fourth-order valence-electron chi connectivity index (χ4n) is 2.84. The Morgan fingerprint density at radius 2 is 1.62 bits per heavy atom. The molecule has 0 aromatic heterocycles. The minimum absolute atomic E-state index is 0.0589. The first-order chi connectivity index (χ1) is 10.1. The van der Waals surface area contributed by atoms with Crippen molar-refractivity contribution < 1.29 is 13.2 Å². The highest BCUT2D eigenvalue weighted by Gasteiger charge is 2.19. The summed E-state index contributed by atoms with van der Waals surface area (Å²) in [5.74, 6) is 0.336. The van der Waals surface area contributed by atoms with Crippen LogP contribution in [0.25, 0.3) is 0 Å². The monoisotopic (exact) mass is 320 g/mol. The summed E-state index contributed by atoms with van der Waals surface area (Å²) >= 11 is 5.24. The highest BCUT2D eigenvalue weighted by Crippen LogP contribution is 2.32. The van der Waals surface area contributed by atoms with E-state index in [4.69, 9.17) is 11.6 Å². The van der Waals surface area contributed by atoms with Gasteiger partial charge in [0.25, 0.3) is 0 Å². The van der Waals surface area contributed by atoms with Gasteiger partial charge in [-0.15, -0.1) is 0 Å². The van der Waals surface area contributed by atoms with Gasteiger partial charge in [-0.1, -0.05) is 57.0 Å². The summed E-state index contributed by atoms with van der Waals surface area (Å²) in [6, 6.07) is 3.01. The Morgan fingerprint density at radius 3 is 2.05 bits per heavy atom. The molecule has 0 atom stereocenters.